The molecule has 8 nitrogen and oxygen atoms in total. The molecule has 0 amide bonds. The van der Waals surface area contributed by atoms with E-state index in [1.165, 1.54) is 0 Å². The fourth-order valence-corrected chi connectivity index (χ4v) is 2.58. The molecule has 8 heteroatoms. The van der Waals surface area contributed by atoms with Crippen molar-refractivity contribution >= 4 is 11.6 Å². The molecular formula is C15H20N6O2. The lowest BCUT2D eigenvalue weighted by molar-refractivity contribution is 0.352. The van der Waals surface area contributed by atoms with Gasteiger partial charge in [0.05, 0.1) is 14.2 Å². The standard InChI is InChI=1S/C15H20N6O2/c1-10-6-12(17-9-16-10)18-11-4-5-21(8-11)13-7-14(22-2)20-15(19-13)23-3/h6-7,9,11H,4-5,8H2,1-3H3,(H,16,17,18). The fourth-order valence-electron chi connectivity index (χ4n) is 2.58. The second-order valence-electron chi connectivity index (χ2n) is 5.38. The van der Waals surface area contributed by atoms with Crippen LogP contribution in [0.15, 0.2) is 18.5 Å². The zero-order valence-electron chi connectivity index (χ0n) is 13.5. The molecule has 1 saturated heterocycles. The molecule has 2 aromatic rings. The zero-order chi connectivity index (χ0) is 16.2. The van der Waals surface area contributed by atoms with Gasteiger partial charge in [-0.25, -0.2) is 9.97 Å². The van der Waals surface area contributed by atoms with Gasteiger partial charge >= 0.3 is 6.01 Å². The van der Waals surface area contributed by atoms with E-state index < -0.39 is 0 Å². The van der Waals surface area contributed by atoms with E-state index in [2.05, 4.69) is 30.2 Å². The Morgan fingerprint density at radius 3 is 2.78 bits per heavy atom. The average molecular weight is 316 g/mol. The fraction of sp³-hybridized carbons (Fsp3) is 0.467. The first-order valence-corrected chi connectivity index (χ1v) is 7.45. The third-order valence-corrected chi connectivity index (χ3v) is 3.73. The molecule has 0 spiro atoms. The van der Waals surface area contributed by atoms with Crippen LogP contribution in [0.5, 0.6) is 11.9 Å². The average Bonchev–Trinajstić information content (AvgIpc) is 3.03. The second kappa shape index (κ2) is 6.64. The summed E-state index contributed by atoms with van der Waals surface area (Å²) in [4.78, 5) is 19.1. The Balaban J connectivity index is 1.70. The monoisotopic (exact) mass is 316 g/mol. The lowest BCUT2D eigenvalue weighted by Crippen LogP contribution is -2.27. The third kappa shape index (κ3) is 3.58. The maximum Gasteiger partial charge on any atom is 0.321 e. The third-order valence-electron chi connectivity index (χ3n) is 3.73. The molecule has 3 heterocycles. The van der Waals surface area contributed by atoms with Gasteiger partial charge in [0, 0.05) is 37.0 Å². The van der Waals surface area contributed by atoms with E-state index >= 15 is 0 Å². The molecule has 3 rings (SSSR count). The van der Waals surface area contributed by atoms with Crippen LogP contribution >= 0.6 is 0 Å². The normalized spacial score (nSPS) is 17.2. The first-order chi connectivity index (χ1) is 11.2. The van der Waals surface area contributed by atoms with Crippen LogP contribution in [0.3, 0.4) is 0 Å². The number of aromatic nitrogens is 4. The van der Waals surface area contributed by atoms with Crippen LogP contribution in [-0.2, 0) is 0 Å². The highest BCUT2D eigenvalue weighted by atomic mass is 16.5. The van der Waals surface area contributed by atoms with Gasteiger partial charge in [-0.1, -0.05) is 0 Å². The minimum atomic E-state index is 0.302. The number of ether oxygens (including phenoxy) is 2. The van der Waals surface area contributed by atoms with Gasteiger partial charge in [-0.2, -0.15) is 9.97 Å². The summed E-state index contributed by atoms with van der Waals surface area (Å²) in [5, 5.41) is 3.44. The van der Waals surface area contributed by atoms with Crippen molar-refractivity contribution in [1.82, 2.24) is 19.9 Å². The molecule has 122 valence electrons. The van der Waals surface area contributed by atoms with Gasteiger partial charge in [0.1, 0.15) is 18.0 Å². The van der Waals surface area contributed by atoms with Gasteiger partial charge in [-0.3, -0.25) is 0 Å². The number of aryl methyl sites for hydroxylation is 1. The maximum absolute atomic E-state index is 5.20. The van der Waals surface area contributed by atoms with Crippen LogP contribution in [0.25, 0.3) is 0 Å². The lowest BCUT2D eigenvalue weighted by atomic mass is 10.2. The lowest BCUT2D eigenvalue weighted by Gasteiger charge is -2.19. The van der Waals surface area contributed by atoms with Crippen molar-refractivity contribution in [1.29, 1.82) is 0 Å². The smallest absolute Gasteiger partial charge is 0.321 e. The van der Waals surface area contributed by atoms with Crippen molar-refractivity contribution in [3.63, 3.8) is 0 Å². The Hall–Kier alpha value is -2.64. The quantitative estimate of drug-likeness (QED) is 0.883. The molecule has 2 aromatic heterocycles. The first kappa shape index (κ1) is 15.3. The summed E-state index contributed by atoms with van der Waals surface area (Å²) >= 11 is 0. The van der Waals surface area contributed by atoms with Gasteiger partial charge in [-0.15, -0.1) is 0 Å². The van der Waals surface area contributed by atoms with Crippen molar-refractivity contribution in [3.05, 3.63) is 24.2 Å². The van der Waals surface area contributed by atoms with Crippen molar-refractivity contribution in [2.24, 2.45) is 0 Å². The largest absolute Gasteiger partial charge is 0.481 e. The highest BCUT2D eigenvalue weighted by Crippen LogP contribution is 2.25. The molecule has 1 fully saturated rings. The predicted octanol–water partition coefficient (Wildman–Crippen LogP) is 1.28. The number of rotatable bonds is 5. The molecular weight excluding hydrogens is 296 g/mol. The Bertz CT molecular complexity index is 659. The van der Waals surface area contributed by atoms with Gasteiger partial charge in [0.2, 0.25) is 5.88 Å². The van der Waals surface area contributed by atoms with Crippen molar-refractivity contribution in [2.75, 3.05) is 37.5 Å². The number of hydrogen-bond acceptors (Lipinski definition) is 8. The van der Waals surface area contributed by atoms with E-state index in [0.717, 1.165) is 36.8 Å². The molecule has 0 saturated carbocycles. The number of nitrogens with zero attached hydrogens (tertiary/aromatic N) is 5. The minimum absolute atomic E-state index is 0.302. The van der Waals surface area contributed by atoms with E-state index in [1.807, 2.05) is 19.1 Å². The summed E-state index contributed by atoms with van der Waals surface area (Å²) in [6, 6.07) is 4.37. The molecule has 0 aliphatic carbocycles. The molecule has 0 bridgehead atoms. The van der Waals surface area contributed by atoms with Gasteiger partial charge in [0.15, 0.2) is 0 Å². The minimum Gasteiger partial charge on any atom is -0.481 e. The Kier molecular flexibility index (Phi) is 4.40. The van der Waals surface area contributed by atoms with Crippen LogP contribution < -0.4 is 19.7 Å². The molecule has 1 unspecified atom stereocenters. The second-order valence-corrected chi connectivity index (χ2v) is 5.38. The van der Waals surface area contributed by atoms with Crippen molar-refractivity contribution in [3.8, 4) is 11.9 Å². The van der Waals surface area contributed by atoms with Crippen molar-refractivity contribution < 1.29 is 9.47 Å². The zero-order valence-corrected chi connectivity index (χ0v) is 13.5. The highest BCUT2D eigenvalue weighted by molar-refractivity contribution is 5.46. The summed E-state index contributed by atoms with van der Waals surface area (Å²) in [5.41, 5.74) is 0.947. The molecule has 23 heavy (non-hydrogen) atoms. The van der Waals surface area contributed by atoms with Crippen molar-refractivity contribution in [2.45, 2.75) is 19.4 Å². The molecule has 1 N–H and O–H groups in total. The van der Waals surface area contributed by atoms with Crippen LogP contribution in [0, 0.1) is 6.92 Å². The Morgan fingerprint density at radius 2 is 2.04 bits per heavy atom. The van der Waals surface area contributed by atoms with E-state index in [1.54, 1.807) is 20.5 Å². The Labute approximate surface area is 134 Å². The van der Waals surface area contributed by atoms with E-state index in [4.69, 9.17) is 9.47 Å². The van der Waals surface area contributed by atoms with E-state index in [0.29, 0.717) is 17.9 Å². The topological polar surface area (TPSA) is 85.3 Å². The number of anilines is 2. The van der Waals surface area contributed by atoms with Gasteiger partial charge in [0.25, 0.3) is 0 Å². The number of methoxy groups -OCH3 is 2. The van der Waals surface area contributed by atoms with E-state index in [-0.39, 0.29) is 0 Å². The molecule has 1 aliphatic heterocycles. The predicted molar refractivity (Wildman–Crippen MR) is 86.1 cm³/mol. The summed E-state index contributed by atoms with van der Waals surface area (Å²) < 4.78 is 10.3. The first-order valence-electron chi connectivity index (χ1n) is 7.45. The summed E-state index contributed by atoms with van der Waals surface area (Å²) in [5.74, 6) is 2.15. The SMILES string of the molecule is COc1cc(N2CCC(Nc3cc(C)ncn3)C2)nc(OC)n1. The molecule has 0 radical (unpaired) electrons. The molecule has 0 aromatic carbocycles. The van der Waals surface area contributed by atoms with Crippen LogP contribution in [0.4, 0.5) is 11.6 Å². The molecule has 1 aliphatic rings. The summed E-state index contributed by atoms with van der Waals surface area (Å²) in [6.45, 7) is 3.67. The van der Waals surface area contributed by atoms with Crippen LogP contribution in [0.1, 0.15) is 12.1 Å². The van der Waals surface area contributed by atoms with Crippen LogP contribution in [-0.4, -0.2) is 53.3 Å². The maximum atomic E-state index is 5.20. The number of hydrogen-bond donors (Lipinski definition) is 1. The summed E-state index contributed by atoms with van der Waals surface area (Å²) in [7, 11) is 3.13. The Morgan fingerprint density at radius 1 is 1.17 bits per heavy atom. The number of nitrogens with one attached hydrogen (secondary N) is 1. The van der Waals surface area contributed by atoms with Crippen LogP contribution in [0.2, 0.25) is 0 Å². The van der Waals surface area contributed by atoms with Gasteiger partial charge < -0.3 is 19.7 Å². The summed E-state index contributed by atoms with van der Waals surface area (Å²) in [6.07, 6.45) is 2.57. The highest BCUT2D eigenvalue weighted by Gasteiger charge is 2.25. The van der Waals surface area contributed by atoms with E-state index in [9.17, 15) is 0 Å². The van der Waals surface area contributed by atoms with Gasteiger partial charge in [-0.05, 0) is 13.3 Å². The molecule has 1 atom stereocenters.